The van der Waals surface area contributed by atoms with Gasteiger partial charge in [0.2, 0.25) is 0 Å². The van der Waals surface area contributed by atoms with Crippen LogP contribution >= 0.6 is 0 Å². The molecule has 1 aliphatic rings. The van der Waals surface area contributed by atoms with Crippen molar-refractivity contribution in [3.63, 3.8) is 0 Å². The molecular formula is C18H26O. The number of benzene rings is 1. The molecule has 1 aromatic carbocycles. The van der Waals surface area contributed by atoms with Crippen molar-refractivity contribution in [2.24, 2.45) is 5.92 Å². The van der Waals surface area contributed by atoms with E-state index >= 15 is 0 Å². The normalized spacial score (nSPS) is 19.4. The molecule has 0 radical (unpaired) electrons. The third kappa shape index (κ3) is 4.83. The highest BCUT2D eigenvalue weighted by Gasteiger charge is 2.21. The Morgan fingerprint density at radius 2 is 1.89 bits per heavy atom. The molecule has 1 unspecified atom stereocenters. The van der Waals surface area contributed by atoms with Gasteiger partial charge in [0.25, 0.3) is 0 Å². The SMILES string of the molecule is C/C(=C\Cc1ccccc1)CC(O)C1CCCCC1. The van der Waals surface area contributed by atoms with E-state index in [-0.39, 0.29) is 6.10 Å². The third-order valence-electron chi connectivity index (χ3n) is 4.25. The Bertz CT molecular complexity index is 387. The summed E-state index contributed by atoms with van der Waals surface area (Å²) >= 11 is 0. The van der Waals surface area contributed by atoms with Gasteiger partial charge in [-0.2, -0.15) is 0 Å². The molecule has 0 heterocycles. The highest BCUT2D eigenvalue weighted by atomic mass is 16.3. The molecule has 0 amide bonds. The zero-order valence-electron chi connectivity index (χ0n) is 12.0. The second-order valence-electron chi connectivity index (χ2n) is 5.91. The summed E-state index contributed by atoms with van der Waals surface area (Å²) < 4.78 is 0. The van der Waals surface area contributed by atoms with E-state index in [0.717, 1.165) is 12.8 Å². The molecule has 1 aromatic rings. The van der Waals surface area contributed by atoms with Crippen molar-refractivity contribution >= 4 is 0 Å². The maximum absolute atomic E-state index is 10.3. The van der Waals surface area contributed by atoms with Gasteiger partial charge in [0.05, 0.1) is 6.10 Å². The minimum absolute atomic E-state index is 0.132. The van der Waals surface area contributed by atoms with Crippen LogP contribution in [-0.2, 0) is 6.42 Å². The molecule has 1 nitrogen and oxygen atoms in total. The summed E-state index contributed by atoms with van der Waals surface area (Å²) in [6.07, 6.45) is 10.3. The van der Waals surface area contributed by atoms with Gasteiger partial charge in [-0.1, -0.05) is 61.2 Å². The molecule has 0 saturated heterocycles. The second-order valence-corrected chi connectivity index (χ2v) is 5.91. The zero-order valence-corrected chi connectivity index (χ0v) is 12.0. The van der Waals surface area contributed by atoms with E-state index in [9.17, 15) is 5.11 Å². The van der Waals surface area contributed by atoms with E-state index in [1.807, 2.05) is 6.07 Å². The molecule has 0 spiro atoms. The first kappa shape index (κ1) is 14.3. The van der Waals surface area contributed by atoms with Crippen molar-refractivity contribution in [3.05, 3.63) is 47.5 Å². The van der Waals surface area contributed by atoms with E-state index in [2.05, 4.69) is 37.3 Å². The second kappa shape index (κ2) is 7.49. The van der Waals surface area contributed by atoms with Crippen molar-refractivity contribution in [3.8, 4) is 0 Å². The summed E-state index contributed by atoms with van der Waals surface area (Å²) in [6.45, 7) is 2.15. The Morgan fingerprint density at radius 1 is 1.21 bits per heavy atom. The number of allylic oxidation sites excluding steroid dienone is 1. The standard InChI is InChI=1S/C18H26O/c1-15(12-13-16-8-4-2-5-9-16)14-18(19)17-10-6-3-7-11-17/h2,4-5,8-9,12,17-19H,3,6-7,10-11,13-14H2,1H3/b15-12+. The largest absolute Gasteiger partial charge is 0.393 e. The summed E-state index contributed by atoms with van der Waals surface area (Å²) in [4.78, 5) is 0. The number of aliphatic hydroxyl groups excluding tert-OH is 1. The lowest BCUT2D eigenvalue weighted by atomic mass is 9.83. The van der Waals surface area contributed by atoms with Crippen molar-refractivity contribution in [1.82, 2.24) is 0 Å². The molecule has 1 aliphatic carbocycles. The molecule has 19 heavy (non-hydrogen) atoms. The van der Waals surface area contributed by atoms with Crippen LogP contribution in [0.15, 0.2) is 42.0 Å². The molecule has 2 rings (SSSR count). The van der Waals surface area contributed by atoms with Gasteiger partial charge in [0.15, 0.2) is 0 Å². The molecule has 1 N–H and O–H groups in total. The van der Waals surface area contributed by atoms with Crippen molar-refractivity contribution in [2.45, 2.75) is 58.0 Å². The lowest BCUT2D eigenvalue weighted by molar-refractivity contribution is 0.0850. The molecule has 1 heteroatoms. The van der Waals surface area contributed by atoms with E-state index in [1.165, 1.54) is 43.2 Å². The van der Waals surface area contributed by atoms with Crippen molar-refractivity contribution in [2.75, 3.05) is 0 Å². The number of hydrogen-bond donors (Lipinski definition) is 1. The first-order chi connectivity index (χ1) is 9.25. The van der Waals surface area contributed by atoms with Gasteiger partial charge in [0, 0.05) is 0 Å². The predicted molar refractivity (Wildman–Crippen MR) is 81.1 cm³/mol. The average molecular weight is 258 g/mol. The monoisotopic (exact) mass is 258 g/mol. The van der Waals surface area contributed by atoms with Crippen LogP contribution in [0.4, 0.5) is 0 Å². The molecule has 0 bridgehead atoms. The number of aliphatic hydroxyl groups is 1. The van der Waals surface area contributed by atoms with Crippen LogP contribution in [0.25, 0.3) is 0 Å². The van der Waals surface area contributed by atoms with Gasteiger partial charge < -0.3 is 5.11 Å². The summed E-state index contributed by atoms with van der Waals surface area (Å²) in [5, 5.41) is 10.3. The van der Waals surface area contributed by atoms with Crippen LogP contribution in [0, 0.1) is 5.92 Å². The average Bonchev–Trinajstić information content (AvgIpc) is 2.47. The Hall–Kier alpha value is -1.08. The smallest absolute Gasteiger partial charge is 0.0605 e. The predicted octanol–water partition coefficient (Wildman–Crippen LogP) is 4.51. The molecule has 104 valence electrons. The summed E-state index contributed by atoms with van der Waals surface area (Å²) in [7, 11) is 0. The van der Waals surface area contributed by atoms with Gasteiger partial charge in [-0.05, 0) is 44.1 Å². The summed E-state index contributed by atoms with van der Waals surface area (Å²) in [5.41, 5.74) is 2.66. The Morgan fingerprint density at radius 3 is 2.58 bits per heavy atom. The Labute approximate surface area is 117 Å². The number of hydrogen-bond acceptors (Lipinski definition) is 1. The fourth-order valence-corrected chi connectivity index (χ4v) is 3.00. The van der Waals surface area contributed by atoms with Gasteiger partial charge >= 0.3 is 0 Å². The zero-order chi connectivity index (χ0) is 13.5. The molecule has 0 aliphatic heterocycles. The Kier molecular flexibility index (Phi) is 5.65. The van der Waals surface area contributed by atoms with Gasteiger partial charge in [-0.25, -0.2) is 0 Å². The highest BCUT2D eigenvalue weighted by Crippen LogP contribution is 2.28. The summed E-state index contributed by atoms with van der Waals surface area (Å²) in [5.74, 6) is 0.536. The highest BCUT2D eigenvalue weighted by molar-refractivity contribution is 5.19. The fraction of sp³-hybridized carbons (Fsp3) is 0.556. The van der Waals surface area contributed by atoms with Crippen LogP contribution in [-0.4, -0.2) is 11.2 Å². The molecule has 1 saturated carbocycles. The number of rotatable bonds is 5. The lowest BCUT2D eigenvalue weighted by Crippen LogP contribution is -2.23. The van der Waals surface area contributed by atoms with Gasteiger partial charge in [-0.15, -0.1) is 0 Å². The lowest BCUT2D eigenvalue weighted by Gasteiger charge is -2.26. The molecule has 1 fully saturated rings. The van der Waals surface area contributed by atoms with Crippen LogP contribution in [0.3, 0.4) is 0 Å². The van der Waals surface area contributed by atoms with E-state index in [1.54, 1.807) is 0 Å². The first-order valence-electron chi connectivity index (χ1n) is 7.63. The first-order valence-corrected chi connectivity index (χ1v) is 7.63. The van der Waals surface area contributed by atoms with Gasteiger partial charge in [0.1, 0.15) is 0 Å². The van der Waals surface area contributed by atoms with E-state index < -0.39 is 0 Å². The minimum atomic E-state index is -0.132. The molecule has 0 aromatic heterocycles. The minimum Gasteiger partial charge on any atom is -0.393 e. The van der Waals surface area contributed by atoms with Crippen LogP contribution in [0.2, 0.25) is 0 Å². The van der Waals surface area contributed by atoms with Gasteiger partial charge in [-0.3, -0.25) is 0 Å². The quantitative estimate of drug-likeness (QED) is 0.771. The van der Waals surface area contributed by atoms with Crippen molar-refractivity contribution in [1.29, 1.82) is 0 Å². The van der Waals surface area contributed by atoms with E-state index in [0.29, 0.717) is 5.92 Å². The maximum Gasteiger partial charge on any atom is 0.0605 e. The van der Waals surface area contributed by atoms with Crippen LogP contribution < -0.4 is 0 Å². The topological polar surface area (TPSA) is 20.2 Å². The Balaban J connectivity index is 1.80. The van der Waals surface area contributed by atoms with Crippen molar-refractivity contribution < 1.29 is 5.11 Å². The van der Waals surface area contributed by atoms with Crippen LogP contribution in [0.1, 0.15) is 51.0 Å². The fourth-order valence-electron chi connectivity index (χ4n) is 3.00. The van der Waals surface area contributed by atoms with E-state index in [4.69, 9.17) is 0 Å². The maximum atomic E-state index is 10.3. The summed E-state index contributed by atoms with van der Waals surface area (Å²) in [6, 6.07) is 10.5. The third-order valence-corrected chi connectivity index (χ3v) is 4.25. The molecule has 1 atom stereocenters. The van der Waals surface area contributed by atoms with Crippen LogP contribution in [0.5, 0.6) is 0 Å². The molecular weight excluding hydrogens is 232 g/mol.